The van der Waals surface area contributed by atoms with E-state index in [0.29, 0.717) is 0 Å². The van der Waals surface area contributed by atoms with Gasteiger partial charge >= 0.3 is 0 Å². The SMILES string of the molecule is CC1=C(O)C(=O)[C@H](C)[C@H]1C. The molecule has 1 N–H and O–H groups in total. The van der Waals surface area contributed by atoms with Crippen molar-refractivity contribution in [3.05, 3.63) is 11.3 Å². The van der Waals surface area contributed by atoms with Gasteiger partial charge in [-0.2, -0.15) is 0 Å². The first-order valence-corrected chi connectivity index (χ1v) is 3.49. The maximum Gasteiger partial charge on any atom is 0.200 e. The Morgan fingerprint density at radius 3 is 1.90 bits per heavy atom. The van der Waals surface area contributed by atoms with Gasteiger partial charge in [-0.15, -0.1) is 0 Å². The predicted molar refractivity (Wildman–Crippen MR) is 38.7 cm³/mol. The molecule has 2 heteroatoms. The summed E-state index contributed by atoms with van der Waals surface area (Å²) >= 11 is 0. The van der Waals surface area contributed by atoms with Crippen LogP contribution in [0.25, 0.3) is 0 Å². The average molecular weight is 140 g/mol. The molecule has 0 aliphatic heterocycles. The van der Waals surface area contributed by atoms with Crippen LogP contribution in [0.3, 0.4) is 0 Å². The normalized spacial score (nSPS) is 33.7. The van der Waals surface area contributed by atoms with Gasteiger partial charge in [-0.1, -0.05) is 13.8 Å². The topological polar surface area (TPSA) is 37.3 Å². The van der Waals surface area contributed by atoms with E-state index in [1.54, 1.807) is 6.92 Å². The molecule has 1 rings (SSSR count). The van der Waals surface area contributed by atoms with Gasteiger partial charge in [-0.05, 0) is 18.4 Å². The molecule has 0 bridgehead atoms. The Balaban J connectivity index is 2.99. The lowest BCUT2D eigenvalue weighted by atomic mass is 9.95. The fraction of sp³-hybridized carbons (Fsp3) is 0.625. The summed E-state index contributed by atoms with van der Waals surface area (Å²) in [6.45, 7) is 5.61. The molecule has 0 amide bonds. The van der Waals surface area contributed by atoms with Gasteiger partial charge in [0.2, 0.25) is 0 Å². The fourth-order valence-corrected chi connectivity index (χ4v) is 1.23. The Hall–Kier alpha value is -0.790. The molecule has 0 spiro atoms. The van der Waals surface area contributed by atoms with Crippen molar-refractivity contribution in [2.24, 2.45) is 11.8 Å². The van der Waals surface area contributed by atoms with Crippen molar-refractivity contribution in [2.45, 2.75) is 20.8 Å². The zero-order chi connectivity index (χ0) is 7.89. The minimum atomic E-state index is -0.106. The predicted octanol–water partition coefficient (Wildman–Crippen LogP) is 1.67. The van der Waals surface area contributed by atoms with E-state index in [9.17, 15) is 4.79 Å². The fourth-order valence-electron chi connectivity index (χ4n) is 1.23. The quantitative estimate of drug-likeness (QED) is 0.555. The molecule has 56 valence electrons. The van der Waals surface area contributed by atoms with Crippen LogP contribution in [0.15, 0.2) is 11.3 Å². The minimum absolute atomic E-state index is 0.0139. The smallest absolute Gasteiger partial charge is 0.200 e. The zero-order valence-corrected chi connectivity index (χ0v) is 6.51. The van der Waals surface area contributed by atoms with E-state index in [0.717, 1.165) is 5.57 Å². The van der Waals surface area contributed by atoms with Crippen LogP contribution in [0.5, 0.6) is 0 Å². The summed E-state index contributed by atoms with van der Waals surface area (Å²) in [5.41, 5.74) is 0.831. The molecule has 1 aliphatic carbocycles. The summed E-state index contributed by atoms with van der Waals surface area (Å²) in [5, 5.41) is 9.14. The van der Waals surface area contributed by atoms with E-state index in [2.05, 4.69) is 0 Å². The van der Waals surface area contributed by atoms with Crippen molar-refractivity contribution in [3.63, 3.8) is 0 Å². The van der Waals surface area contributed by atoms with Crippen LogP contribution >= 0.6 is 0 Å². The van der Waals surface area contributed by atoms with Gasteiger partial charge in [0.25, 0.3) is 0 Å². The summed E-state index contributed by atoms with van der Waals surface area (Å²) in [7, 11) is 0. The standard InChI is InChI=1S/C8H12O2/c1-4-5(2)7(9)8(10)6(4)3/h4-5,10H,1-3H3/t4-,5-/m1/s1. The zero-order valence-electron chi connectivity index (χ0n) is 6.51. The van der Waals surface area contributed by atoms with Crippen LogP contribution < -0.4 is 0 Å². The Labute approximate surface area is 60.6 Å². The lowest BCUT2D eigenvalue weighted by Crippen LogP contribution is -2.10. The third-order valence-electron chi connectivity index (χ3n) is 2.45. The monoisotopic (exact) mass is 140 g/mol. The number of aliphatic hydroxyl groups excluding tert-OH is 1. The summed E-state index contributed by atoms with van der Waals surface area (Å²) in [6.07, 6.45) is 0. The highest BCUT2D eigenvalue weighted by Crippen LogP contribution is 2.31. The van der Waals surface area contributed by atoms with Crippen molar-refractivity contribution in [3.8, 4) is 0 Å². The number of carbonyl (C=O) groups excluding carboxylic acids is 1. The van der Waals surface area contributed by atoms with Gasteiger partial charge in [0, 0.05) is 5.92 Å². The van der Waals surface area contributed by atoms with E-state index < -0.39 is 0 Å². The van der Waals surface area contributed by atoms with Gasteiger partial charge in [0.15, 0.2) is 11.5 Å². The highest BCUT2D eigenvalue weighted by Gasteiger charge is 2.33. The third-order valence-corrected chi connectivity index (χ3v) is 2.45. The van der Waals surface area contributed by atoms with Crippen LogP contribution in [0.4, 0.5) is 0 Å². The van der Waals surface area contributed by atoms with Crippen LogP contribution in [0.2, 0.25) is 0 Å². The van der Waals surface area contributed by atoms with E-state index in [1.807, 2.05) is 13.8 Å². The first-order valence-electron chi connectivity index (χ1n) is 3.49. The molecule has 10 heavy (non-hydrogen) atoms. The molecule has 0 saturated heterocycles. The van der Waals surface area contributed by atoms with E-state index >= 15 is 0 Å². The first-order chi connectivity index (χ1) is 4.55. The molecule has 0 unspecified atom stereocenters. The number of aliphatic hydroxyl groups is 1. The maximum absolute atomic E-state index is 11.0. The second kappa shape index (κ2) is 2.11. The molecule has 0 aromatic rings. The average Bonchev–Trinajstić information content (AvgIpc) is 2.07. The number of Topliss-reactive ketones (excluding diaryl/α,β-unsaturated/α-hetero) is 1. The van der Waals surface area contributed by atoms with Crippen LogP contribution in [-0.2, 0) is 4.79 Å². The van der Waals surface area contributed by atoms with Gasteiger partial charge in [0.1, 0.15) is 0 Å². The maximum atomic E-state index is 11.0. The second-order valence-corrected chi connectivity index (χ2v) is 2.97. The molecule has 0 saturated carbocycles. The summed E-state index contributed by atoms with van der Waals surface area (Å²) < 4.78 is 0. The highest BCUT2D eigenvalue weighted by atomic mass is 16.3. The molecule has 2 nitrogen and oxygen atoms in total. The first kappa shape index (κ1) is 7.32. The summed E-state index contributed by atoms with van der Waals surface area (Å²) in [6, 6.07) is 0. The molecule has 0 heterocycles. The van der Waals surface area contributed by atoms with Gasteiger partial charge in [-0.3, -0.25) is 4.79 Å². The summed E-state index contributed by atoms with van der Waals surface area (Å²) in [4.78, 5) is 11.0. The Morgan fingerprint density at radius 2 is 1.80 bits per heavy atom. The van der Waals surface area contributed by atoms with Crippen LogP contribution in [-0.4, -0.2) is 10.9 Å². The number of ketones is 1. The molecule has 1 aliphatic rings. The molecular weight excluding hydrogens is 128 g/mol. The number of hydrogen-bond acceptors (Lipinski definition) is 2. The molecule has 0 aromatic carbocycles. The Bertz CT molecular complexity index is 203. The van der Waals surface area contributed by atoms with Gasteiger partial charge in [-0.25, -0.2) is 0 Å². The van der Waals surface area contributed by atoms with Crippen molar-refractivity contribution in [1.29, 1.82) is 0 Å². The van der Waals surface area contributed by atoms with Gasteiger partial charge in [0.05, 0.1) is 0 Å². The summed E-state index contributed by atoms with van der Waals surface area (Å²) in [5.74, 6) is 0.0671. The van der Waals surface area contributed by atoms with E-state index in [-0.39, 0.29) is 23.4 Å². The number of rotatable bonds is 0. The lowest BCUT2D eigenvalue weighted by Gasteiger charge is -2.07. The molecule has 2 atom stereocenters. The molecule has 0 aromatic heterocycles. The second-order valence-electron chi connectivity index (χ2n) is 2.97. The third kappa shape index (κ3) is 0.753. The van der Waals surface area contributed by atoms with E-state index in [1.165, 1.54) is 0 Å². The van der Waals surface area contributed by atoms with Crippen molar-refractivity contribution < 1.29 is 9.90 Å². The number of carbonyl (C=O) groups is 1. The highest BCUT2D eigenvalue weighted by molar-refractivity contribution is 5.98. The number of allylic oxidation sites excluding steroid dienone is 2. The molecule has 0 fully saturated rings. The molecular formula is C8H12O2. The van der Waals surface area contributed by atoms with Crippen molar-refractivity contribution in [1.82, 2.24) is 0 Å². The van der Waals surface area contributed by atoms with Crippen LogP contribution in [0.1, 0.15) is 20.8 Å². The van der Waals surface area contributed by atoms with Gasteiger partial charge < -0.3 is 5.11 Å². The van der Waals surface area contributed by atoms with Crippen LogP contribution in [0, 0.1) is 11.8 Å². The molecule has 0 radical (unpaired) electrons. The Kier molecular flexibility index (Phi) is 1.55. The largest absolute Gasteiger partial charge is 0.504 e. The van der Waals surface area contributed by atoms with Crippen molar-refractivity contribution in [2.75, 3.05) is 0 Å². The van der Waals surface area contributed by atoms with Crippen molar-refractivity contribution >= 4 is 5.78 Å². The Morgan fingerprint density at radius 1 is 1.30 bits per heavy atom. The lowest BCUT2D eigenvalue weighted by molar-refractivity contribution is -0.120. The van der Waals surface area contributed by atoms with E-state index in [4.69, 9.17) is 5.11 Å². The minimum Gasteiger partial charge on any atom is -0.504 e. The number of hydrogen-bond donors (Lipinski definition) is 1.